The van der Waals surface area contributed by atoms with Gasteiger partial charge in [-0.25, -0.2) is 0 Å². The van der Waals surface area contributed by atoms with Crippen LogP contribution in [0, 0.1) is 34.5 Å². The van der Waals surface area contributed by atoms with E-state index in [1.807, 2.05) is 0 Å². The summed E-state index contributed by atoms with van der Waals surface area (Å²) in [6.45, 7) is 6.66. The second kappa shape index (κ2) is 5.49. The lowest BCUT2D eigenvalue weighted by Crippen LogP contribution is -2.58. The molecule has 0 aromatic heterocycles. The number of fused-ring (bicyclic) bond motifs is 5. The number of hydrogen-bond donors (Lipinski definition) is 0. The molecule has 0 radical (unpaired) electrons. The van der Waals surface area contributed by atoms with Crippen LogP contribution in [0.2, 0.25) is 0 Å². The lowest BCUT2D eigenvalue weighted by molar-refractivity contribution is -0.189. The van der Waals surface area contributed by atoms with E-state index in [0.717, 1.165) is 24.2 Å². The molecule has 2 heteroatoms. The predicted octanol–water partition coefficient (Wildman–Crippen LogP) is 5.35. The van der Waals surface area contributed by atoms with Crippen molar-refractivity contribution in [1.29, 1.82) is 0 Å². The molecule has 4 aliphatic rings. The summed E-state index contributed by atoms with van der Waals surface area (Å²) in [7, 11) is 0. The van der Waals surface area contributed by atoms with Crippen LogP contribution in [-0.2, 0) is 9.53 Å². The first-order valence-electron chi connectivity index (χ1n) is 10.1. The van der Waals surface area contributed by atoms with Crippen molar-refractivity contribution in [3.05, 3.63) is 0 Å². The average molecular weight is 319 g/mol. The molecule has 0 saturated heterocycles. The van der Waals surface area contributed by atoms with Gasteiger partial charge in [-0.05, 0) is 73.5 Å². The predicted molar refractivity (Wildman–Crippen MR) is 91.9 cm³/mol. The number of carbonyl (C=O) groups is 1. The molecule has 0 aliphatic heterocycles. The Morgan fingerprint density at radius 2 is 1.83 bits per heavy atom. The molecule has 0 heterocycles. The van der Waals surface area contributed by atoms with Crippen LogP contribution >= 0.6 is 0 Å². The SMILES string of the molecule is CC(=O)OC1CC2(C)CCCC2C2CC[C@H]3CCCCC3(C)C12. The standard InChI is InChI=1S/C21H34O2/c1-14(22)23-18-13-20(2)11-6-8-17(20)16-10-9-15-7-4-5-12-21(15,3)19(16)18/h15-19H,4-13H2,1-3H3/t15-,16?,17?,18?,19?,20?,21?/m1/s1. The van der Waals surface area contributed by atoms with E-state index in [-0.39, 0.29) is 12.1 Å². The zero-order chi connectivity index (χ0) is 16.2. The maximum Gasteiger partial charge on any atom is 0.302 e. The molecular weight excluding hydrogens is 284 g/mol. The Balaban J connectivity index is 1.71. The van der Waals surface area contributed by atoms with Crippen molar-refractivity contribution in [2.45, 2.75) is 91.1 Å². The summed E-state index contributed by atoms with van der Waals surface area (Å²) in [6.07, 6.45) is 13.8. The number of esters is 1. The van der Waals surface area contributed by atoms with E-state index in [4.69, 9.17) is 4.74 Å². The molecule has 4 aliphatic carbocycles. The van der Waals surface area contributed by atoms with E-state index in [1.165, 1.54) is 57.8 Å². The van der Waals surface area contributed by atoms with Crippen molar-refractivity contribution in [3.63, 3.8) is 0 Å². The Morgan fingerprint density at radius 1 is 1.00 bits per heavy atom. The maximum absolute atomic E-state index is 11.8. The van der Waals surface area contributed by atoms with Gasteiger partial charge in [-0.1, -0.05) is 33.1 Å². The third-order valence-electron chi connectivity index (χ3n) is 8.58. The van der Waals surface area contributed by atoms with Gasteiger partial charge in [0, 0.05) is 12.8 Å². The molecule has 23 heavy (non-hydrogen) atoms. The number of hydrogen-bond acceptors (Lipinski definition) is 2. The van der Waals surface area contributed by atoms with E-state index in [0.29, 0.717) is 16.7 Å². The van der Waals surface area contributed by atoms with Crippen molar-refractivity contribution in [1.82, 2.24) is 0 Å². The molecule has 130 valence electrons. The summed E-state index contributed by atoms with van der Waals surface area (Å²) < 4.78 is 6.01. The molecule has 7 atom stereocenters. The molecule has 4 rings (SSSR count). The summed E-state index contributed by atoms with van der Waals surface area (Å²) in [6, 6.07) is 0. The second-order valence-electron chi connectivity index (χ2n) is 9.72. The largest absolute Gasteiger partial charge is 0.462 e. The molecule has 0 amide bonds. The highest BCUT2D eigenvalue weighted by Crippen LogP contribution is 2.66. The normalized spacial score (nSPS) is 52.2. The minimum Gasteiger partial charge on any atom is -0.462 e. The second-order valence-corrected chi connectivity index (χ2v) is 9.72. The summed E-state index contributed by atoms with van der Waals surface area (Å²) in [4.78, 5) is 11.8. The molecule has 0 N–H and O–H groups in total. The quantitative estimate of drug-likeness (QED) is 0.609. The van der Waals surface area contributed by atoms with E-state index in [2.05, 4.69) is 13.8 Å². The Kier molecular flexibility index (Phi) is 3.81. The van der Waals surface area contributed by atoms with Crippen LogP contribution in [0.15, 0.2) is 0 Å². The van der Waals surface area contributed by atoms with Crippen LogP contribution in [-0.4, -0.2) is 12.1 Å². The molecule has 0 bridgehead atoms. The van der Waals surface area contributed by atoms with Crippen molar-refractivity contribution >= 4 is 5.97 Å². The number of rotatable bonds is 1. The van der Waals surface area contributed by atoms with Crippen LogP contribution in [0.4, 0.5) is 0 Å². The van der Waals surface area contributed by atoms with Crippen LogP contribution in [0.5, 0.6) is 0 Å². The van der Waals surface area contributed by atoms with Gasteiger partial charge in [0.05, 0.1) is 0 Å². The summed E-state index contributed by atoms with van der Waals surface area (Å²) in [5, 5.41) is 0. The number of carbonyl (C=O) groups excluding carboxylic acids is 1. The van der Waals surface area contributed by atoms with Crippen LogP contribution in [0.25, 0.3) is 0 Å². The fraction of sp³-hybridized carbons (Fsp3) is 0.952. The first-order chi connectivity index (χ1) is 10.9. The van der Waals surface area contributed by atoms with Gasteiger partial charge in [0.2, 0.25) is 0 Å². The molecule has 6 unspecified atom stereocenters. The Hall–Kier alpha value is -0.530. The third kappa shape index (κ3) is 2.38. The number of ether oxygens (including phenoxy) is 1. The molecule has 0 aromatic carbocycles. The van der Waals surface area contributed by atoms with E-state index in [9.17, 15) is 4.79 Å². The minimum atomic E-state index is -0.0599. The fourth-order valence-corrected chi connectivity index (χ4v) is 7.72. The van der Waals surface area contributed by atoms with Crippen molar-refractivity contribution < 1.29 is 9.53 Å². The minimum absolute atomic E-state index is 0.0599. The average Bonchev–Trinajstić information content (AvgIpc) is 2.86. The van der Waals surface area contributed by atoms with Crippen LogP contribution < -0.4 is 0 Å². The smallest absolute Gasteiger partial charge is 0.302 e. The van der Waals surface area contributed by atoms with Crippen molar-refractivity contribution in [2.75, 3.05) is 0 Å². The Bertz CT molecular complexity index is 486. The van der Waals surface area contributed by atoms with Crippen LogP contribution in [0.1, 0.15) is 85.0 Å². The molecule has 4 saturated carbocycles. The third-order valence-corrected chi connectivity index (χ3v) is 8.58. The summed E-state index contributed by atoms with van der Waals surface area (Å²) in [5.74, 6) is 3.14. The summed E-state index contributed by atoms with van der Waals surface area (Å²) in [5.41, 5.74) is 0.852. The van der Waals surface area contributed by atoms with Gasteiger partial charge in [0.1, 0.15) is 6.10 Å². The highest BCUT2D eigenvalue weighted by molar-refractivity contribution is 5.66. The topological polar surface area (TPSA) is 26.3 Å². The van der Waals surface area contributed by atoms with Gasteiger partial charge >= 0.3 is 5.97 Å². The first kappa shape index (κ1) is 16.0. The zero-order valence-corrected chi connectivity index (χ0v) is 15.3. The first-order valence-corrected chi connectivity index (χ1v) is 10.1. The van der Waals surface area contributed by atoms with Gasteiger partial charge in [-0.15, -0.1) is 0 Å². The van der Waals surface area contributed by atoms with Gasteiger partial charge < -0.3 is 4.74 Å². The van der Waals surface area contributed by atoms with Gasteiger partial charge in [-0.3, -0.25) is 4.79 Å². The van der Waals surface area contributed by atoms with Gasteiger partial charge in [0.25, 0.3) is 0 Å². The Morgan fingerprint density at radius 3 is 2.61 bits per heavy atom. The molecular formula is C21H34O2. The monoisotopic (exact) mass is 318 g/mol. The lowest BCUT2D eigenvalue weighted by Gasteiger charge is -2.61. The maximum atomic E-state index is 11.8. The molecule has 0 aromatic rings. The van der Waals surface area contributed by atoms with Crippen LogP contribution in [0.3, 0.4) is 0 Å². The van der Waals surface area contributed by atoms with E-state index >= 15 is 0 Å². The summed E-state index contributed by atoms with van der Waals surface area (Å²) >= 11 is 0. The van der Waals surface area contributed by atoms with Gasteiger partial charge in [-0.2, -0.15) is 0 Å². The Labute approximate surface area is 141 Å². The molecule has 2 nitrogen and oxygen atoms in total. The van der Waals surface area contributed by atoms with E-state index in [1.54, 1.807) is 6.92 Å². The lowest BCUT2D eigenvalue weighted by atomic mass is 9.44. The molecule has 4 fully saturated rings. The van der Waals surface area contributed by atoms with Gasteiger partial charge in [0.15, 0.2) is 0 Å². The fourth-order valence-electron chi connectivity index (χ4n) is 7.72. The van der Waals surface area contributed by atoms with Crippen molar-refractivity contribution in [3.8, 4) is 0 Å². The van der Waals surface area contributed by atoms with E-state index < -0.39 is 0 Å². The highest BCUT2D eigenvalue weighted by atomic mass is 16.5. The van der Waals surface area contributed by atoms with Crippen molar-refractivity contribution in [2.24, 2.45) is 34.5 Å². The molecule has 0 spiro atoms. The highest BCUT2D eigenvalue weighted by Gasteiger charge is 2.61. The zero-order valence-electron chi connectivity index (χ0n) is 15.3.